The van der Waals surface area contributed by atoms with Crippen LogP contribution in [0.2, 0.25) is 0 Å². The van der Waals surface area contributed by atoms with Crippen LogP contribution in [0.5, 0.6) is 0 Å². The molecule has 5 nitrogen and oxygen atoms in total. The molecule has 2 aromatic rings. The van der Waals surface area contributed by atoms with Gasteiger partial charge in [-0.15, -0.1) is 0 Å². The van der Waals surface area contributed by atoms with Gasteiger partial charge in [-0.3, -0.25) is 14.5 Å². The van der Waals surface area contributed by atoms with E-state index in [-0.39, 0.29) is 5.91 Å². The van der Waals surface area contributed by atoms with E-state index in [2.05, 4.69) is 27.5 Å². The maximum Gasteiger partial charge on any atom is 0.255 e. The molecule has 0 spiro atoms. The average Bonchev–Trinajstić information content (AvgIpc) is 2.64. The van der Waals surface area contributed by atoms with Gasteiger partial charge < -0.3 is 10.6 Å². The van der Waals surface area contributed by atoms with Crippen molar-refractivity contribution in [2.75, 3.05) is 26.2 Å². The standard InChI is InChI=1S/C20H22IN3O2/c1-14-3-2-4-17(18(14)21)20(26)24-11-9-23(10-12-24)13-15-5-7-16(8-6-15)19(22)25/h2-8H,9-13H2,1H3,(H2,22,25). The number of hydrogen-bond donors (Lipinski definition) is 1. The first-order valence-corrected chi connectivity index (χ1v) is 9.69. The van der Waals surface area contributed by atoms with Gasteiger partial charge in [0.1, 0.15) is 0 Å². The molecule has 1 heterocycles. The molecule has 0 aliphatic carbocycles. The number of carbonyl (C=O) groups is 2. The highest BCUT2D eigenvalue weighted by Crippen LogP contribution is 2.19. The zero-order valence-electron chi connectivity index (χ0n) is 14.7. The molecule has 0 radical (unpaired) electrons. The van der Waals surface area contributed by atoms with E-state index in [9.17, 15) is 9.59 Å². The van der Waals surface area contributed by atoms with Crippen LogP contribution in [0.25, 0.3) is 0 Å². The quantitative estimate of drug-likeness (QED) is 0.710. The summed E-state index contributed by atoms with van der Waals surface area (Å²) >= 11 is 2.25. The maximum atomic E-state index is 12.8. The zero-order chi connectivity index (χ0) is 18.7. The average molecular weight is 463 g/mol. The summed E-state index contributed by atoms with van der Waals surface area (Å²) in [6.45, 7) is 5.96. The van der Waals surface area contributed by atoms with Gasteiger partial charge in [0, 0.05) is 41.9 Å². The number of primary amides is 1. The van der Waals surface area contributed by atoms with Gasteiger partial charge in [0.15, 0.2) is 0 Å². The molecular formula is C20H22IN3O2. The molecule has 1 saturated heterocycles. The van der Waals surface area contributed by atoms with Crippen LogP contribution < -0.4 is 5.73 Å². The fraction of sp³-hybridized carbons (Fsp3) is 0.300. The minimum absolute atomic E-state index is 0.114. The second kappa shape index (κ2) is 8.18. The molecule has 0 aromatic heterocycles. The summed E-state index contributed by atoms with van der Waals surface area (Å²) < 4.78 is 1.03. The molecule has 1 aliphatic heterocycles. The summed E-state index contributed by atoms with van der Waals surface area (Å²) in [4.78, 5) is 28.2. The van der Waals surface area contributed by atoms with E-state index < -0.39 is 5.91 Å². The van der Waals surface area contributed by atoms with E-state index in [0.717, 1.165) is 53.0 Å². The van der Waals surface area contributed by atoms with Crippen molar-refractivity contribution in [3.63, 3.8) is 0 Å². The molecule has 136 valence electrons. The largest absolute Gasteiger partial charge is 0.366 e. The first-order valence-electron chi connectivity index (χ1n) is 8.61. The number of halogens is 1. The molecule has 3 rings (SSSR count). The van der Waals surface area contributed by atoms with Crippen molar-refractivity contribution in [1.82, 2.24) is 9.80 Å². The fourth-order valence-electron chi connectivity index (χ4n) is 3.12. The van der Waals surface area contributed by atoms with Crippen LogP contribution in [0.1, 0.15) is 31.8 Å². The van der Waals surface area contributed by atoms with Crippen molar-refractivity contribution in [3.8, 4) is 0 Å². The minimum atomic E-state index is -0.408. The second-order valence-corrected chi connectivity index (χ2v) is 7.64. The lowest BCUT2D eigenvalue weighted by Gasteiger charge is -2.35. The summed E-state index contributed by atoms with van der Waals surface area (Å²) in [6.07, 6.45) is 0. The molecule has 2 N–H and O–H groups in total. The third-order valence-corrected chi connectivity index (χ3v) is 6.16. The highest BCUT2D eigenvalue weighted by atomic mass is 127. The van der Waals surface area contributed by atoms with E-state index in [0.29, 0.717) is 5.56 Å². The highest BCUT2D eigenvalue weighted by Gasteiger charge is 2.23. The van der Waals surface area contributed by atoms with Gasteiger partial charge in [-0.05, 0) is 58.8 Å². The Labute approximate surface area is 167 Å². The van der Waals surface area contributed by atoms with Crippen LogP contribution in [-0.2, 0) is 6.54 Å². The molecule has 0 saturated carbocycles. The van der Waals surface area contributed by atoms with Gasteiger partial charge in [0.25, 0.3) is 5.91 Å². The zero-order valence-corrected chi connectivity index (χ0v) is 16.9. The molecule has 6 heteroatoms. The number of benzene rings is 2. The third kappa shape index (κ3) is 4.24. The molecular weight excluding hydrogens is 441 g/mol. The fourth-order valence-corrected chi connectivity index (χ4v) is 3.71. The Balaban J connectivity index is 1.58. The Morgan fingerprint density at radius 3 is 2.31 bits per heavy atom. The van der Waals surface area contributed by atoms with Crippen LogP contribution in [0.3, 0.4) is 0 Å². The third-order valence-electron chi connectivity index (χ3n) is 4.73. The minimum Gasteiger partial charge on any atom is -0.366 e. The number of piperazine rings is 1. The van der Waals surface area contributed by atoms with Crippen molar-refractivity contribution in [2.24, 2.45) is 5.73 Å². The monoisotopic (exact) mass is 463 g/mol. The molecule has 2 amide bonds. The number of rotatable bonds is 4. The van der Waals surface area contributed by atoms with Crippen LogP contribution in [0, 0.1) is 10.5 Å². The van der Waals surface area contributed by atoms with Gasteiger partial charge in [0.2, 0.25) is 5.91 Å². The van der Waals surface area contributed by atoms with Gasteiger partial charge in [-0.2, -0.15) is 0 Å². The van der Waals surface area contributed by atoms with Crippen LogP contribution >= 0.6 is 22.6 Å². The molecule has 0 bridgehead atoms. The van der Waals surface area contributed by atoms with Crippen molar-refractivity contribution in [3.05, 3.63) is 68.3 Å². The summed E-state index contributed by atoms with van der Waals surface area (Å²) in [5, 5.41) is 0. The topological polar surface area (TPSA) is 66.6 Å². The number of carbonyl (C=O) groups excluding carboxylic acids is 2. The summed E-state index contributed by atoms with van der Waals surface area (Å²) in [5.74, 6) is -0.294. The molecule has 1 aliphatic rings. The molecule has 1 fully saturated rings. The molecule has 0 unspecified atom stereocenters. The van der Waals surface area contributed by atoms with Crippen molar-refractivity contribution in [1.29, 1.82) is 0 Å². The van der Waals surface area contributed by atoms with Crippen molar-refractivity contribution in [2.45, 2.75) is 13.5 Å². The van der Waals surface area contributed by atoms with Gasteiger partial charge >= 0.3 is 0 Å². The summed E-state index contributed by atoms with van der Waals surface area (Å²) in [6, 6.07) is 13.3. The van der Waals surface area contributed by atoms with Gasteiger partial charge in [0.05, 0.1) is 5.56 Å². The van der Waals surface area contributed by atoms with Crippen molar-refractivity contribution >= 4 is 34.4 Å². The van der Waals surface area contributed by atoms with Crippen LogP contribution in [0.15, 0.2) is 42.5 Å². The van der Waals surface area contributed by atoms with Crippen molar-refractivity contribution < 1.29 is 9.59 Å². The lowest BCUT2D eigenvalue weighted by molar-refractivity contribution is 0.0627. The first kappa shape index (κ1) is 18.8. The Morgan fingerprint density at radius 2 is 1.69 bits per heavy atom. The highest BCUT2D eigenvalue weighted by molar-refractivity contribution is 14.1. The smallest absolute Gasteiger partial charge is 0.255 e. The van der Waals surface area contributed by atoms with E-state index in [1.165, 1.54) is 0 Å². The van der Waals surface area contributed by atoms with E-state index in [1.807, 2.05) is 42.2 Å². The SMILES string of the molecule is Cc1cccc(C(=O)N2CCN(Cc3ccc(C(N)=O)cc3)CC2)c1I. The summed E-state index contributed by atoms with van der Waals surface area (Å²) in [7, 11) is 0. The molecule has 26 heavy (non-hydrogen) atoms. The number of aryl methyl sites for hydroxylation is 1. The van der Waals surface area contributed by atoms with E-state index >= 15 is 0 Å². The van der Waals surface area contributed by atoms with Gasteiger partial charge in [-0.25, -0.2) is 0 Å². The lowest BCUT2D eigenvalue weighted by Crippen LogP contribution is -2.48. The normalized spacial score (nSPS) is 15.1. The van der Waals surface area contributed by atoms with Gasteiger partial charge in [-0.1, -0.05) is 24.3 Å². The van der Waals surface area contributed by atoms with E-state index in [4.69, 9.17) is 5.73 Å². The summed E-state index contributed by atoms with van der Waals surface area (Å²) in [5.41, 5.74) is 8.87. The number of hydrogen-bond acceptors (Lipinski definition) is 3. The second-order valence-electron chi connectivity index (χ2n) is 6.57. The predicted molar refractivity (Wildman–Crippen MR) is 110 cm³/mol. The number of amides is 2. The molecule has 2 aromatic carbocycles. The number of nitrogens with zero attached hydrogens (tertiary/aromatic N) is 2. The van der Waals surface area contributed by atoms with Crippen LogP contribution in [0.4, 0.5) is 0 Å². The Kier molecular flexibility index (Phi) is 5.93. The van der Waals surface area contributed by atoms with E-state index in [1.54, 1.807) is 12.1 Å². The predicted octanol–water partition coefficient (Wildman–Crippen LogP) is 2.66. The Morgan fingerprint density at radius 1 is 1.04 bits per heavy atom. The first-order chi connectivity index (χ1) is 12.5. The lowest BCUT2D eigenvalue weighted by atomic mass is 10.1. The van der Waals surface area contributed by atoms with Crippen LogP contribution in [-0.4, -0.2) is 47.8 Å². The maximum absolute atomic E-state index is 12.8. The molecule has 0 atom stereocenters. The Hall–Kier alpha value is -1.93. The number of nitrogens with two attached hydrogens (primary N) is 1. The Bertz CT molecular complexity index is 812.